The van der Waals surface area contributed by atoms with Crippen LogP contribution in [0.15, 0.2) is 158 Å². The molecular formula is C42H26N4S. The lowest BCUT2D eigenvalue weighted by molar-refractivity contribution is 1.07. The average Bonchev–Trinajstić information content (AvgIpc) is 3.60. The van der Waals surface area contributed by atoms with E-state index in [1.165, 1.54) is 26.6 Å². The van der Waals surface area contributed by atoms with Gasteiger partial charge in [-0.3, -0.25) is 0 Å². The third-order valence-electron chi connectivity index (χ3n) is 8.53. The third kappa shape index (κ3) is 5.03. The Morgan fingerprint density at radius 1 is 0.362 bits per heavy atom. The Morgan fingerprint density at radius 3 is 1.60 bits per heavy atom. The maximum atomic E-state index is 5.25. The van der Waals surface area contributed by atoms with E-state index in [1.807, 2.05) is 66.7 Å². The Kier molecular flexibility index (Phi) is 6.61. The number of aromatic nitrogens is 4. The molecule has 0 aliphatic rings. The summed E-state index contributed by atoms with van der Waals surface area (Å²) in [7, 11) is 0. The molecule has 0 aliphatic heterocycles. The van der Waals surface area contributed by atoms with E-state index in [1.54, 1.807) is 11.3 Å². The minimum atomic E-state index is 0.646. The molecule has 0 aliphatic carbocycles. The van der Waals surface area contributed by atoms with Gasteiger partial charge in [0, 0.05) is 27.6 Å². The molecule has 9 aromatic rings. The molecule has 0 unspecified atom stereocenters. The summed E-state index contributed by atoms with van der Waals surface area (Å²) in [5.74, 6) is 1.95. The normalized spacial score (nSPS) is 11.4. The van der Waals surface area contributed by atoms with Crippen molar-refractivity contribution in [3.05, 3.63) is 158 Å². The summed E-state index contributed by atoms with van der Waals surface area (Å²) in [4.78, 5) is 20.0. The monoisotopic (exact) mass is 618 g/mol. The highest BCUT2D eigenvalue weighted by molar-refractivity contribution is 7.21. The fourth-order valence-electron chi connectivity index (χ4n) is 6.20. The summed E-state index contributed by atoms with van der Waals surface area (Å²) in [6, 6.07) is 54.6. The standard InChI is InChI=1S/C42H26N4S/c1-4-11-27(12-5-1)31-17-10-18-34(25-31)42-43-38-36(47-42)24-22-28-19-20-32-26-33(21-23-35(32)37(28)38)41-45-39(29-13-6-2-7-14-29)44-40(46-41)30-15-8-3-9-16-30/h1-26H. The van der Waals surface area contributed by atoms with E-state index in [2.05, 4.69) is 91.0 Å². The van der Waals surface area contributed by atoms with Gasteiger partial charge < -0.3 is 0 Å². The molecule has 220 valence electrons. The van der Waals surface area contributed by atoms with Crippen molar-refractivity contribution in [3.8, 4) is 55.9 Å². The second-order valence-electron chi connectivity index (χ2n) is 11.5. The van der Waals surface area contributed by atoms with Crippen LogP contribution in [-0.4, -0.2) is 19.9 Å². The van der Waals surface area contributed by atoms with Crippen molar-refractivity contribution in [1.82, 2.24) is 19.9 Å². The van der Waals surface area contributed by atoms with Gasteiger partial charge in [0.1, 0.15) is 5.01 Å². The Labute approximate surface area is 275 Å². The highest BCUT2D eigenvalue weighted by atomic mass is 32.1. The van der Waals surface area contributed by atoms with Crippen molar-refractivity contribution in [3.63, 3.8) is 0 Å². The number of fused-ring (bicyclic) bond motifs is 5. The molecule has 0 saturated carbocycles. The van der Waals surface area contributed by atoms with Gasteiger partial charge in [-0.25, -0.2) is 19.9 Å². The zero-order valence-corrected chi connectivity index (χ0v) is 26.0. The molecule has 0 bridgehead atoms. The van der Waals surface area contributed by atoms with Crippen molar-refractivity contribution in [2.45, 2.75) is 0 Å². The van der Waals surface area contributed by atoms with Crippen molar-refractivity contribution in [2.24, 2.45) is 0 Å². The molecule has 0 N–H and O–H groups in total. The lowest BCUT2D eigenvalue weighted by atomic mass is 9.99. The summed E-state index contributed by atoms with van der Waals surface area (Å²) in [5.41, 5.74) is 7.40. The van der Waals surface area contributed by atoms with E-state index in [0.717, 1.165) is 43.6 Å². The highest BCUT2D eigenvalue weighted by Crippen LogP contribution is 2.39. The van der Waals surface area contributed by atoms with Crippen LogP contribution in [0.1, 0.15) is 0 Å². The first-order valence-electron chi connectivity index (χ1n) is 15.6. The predicted octanol–water partition coefficient (Wildman–Crippen LogP) is 11.1. The Hall–Kier alpha value is -6.04. The molecule has 0 fully saturated rings. The number of rotatable bonds is 5. The molecule has 2 aromatic heterocycles. The zero-order chi connectivity index (χ0) is 31.2. The molecule has 0 saturated heterocycles. The Morgan fingerprint density at radius 2 is 0.915 bits per heavy atom. The average molecular weight is 619 g/mol. The van der Waals surface area contributed by atoms with Gasteiger partial charge >= 0.3 is 0 Å². The Bertz CT molecular complexity index is 2500. The SMILES string of the molecule is c1ccc(-c2cccc(-c3nc4c(ccc5ccc6cc(-c7nc(-c8ccccc8)nc(-c8ccccc8)n7)ccc6c54)s3)c2)cc1. The molecule has 2 heterocycles. The summed E-state index contributed by atoms with van der Waals surface area (Å²) in [5, 5.41) is 5.63. The minimum absolute atomic E-state index is 0.646. The molecule has 47 heavy (non-hydrogen) atoms. The minimum Gasteiger partial charge on any atom is -0.235 e. The second-order valence-corrected chi connectivity index (χ2v) is 12.5. The summed E-state index contributed by atoms with van der Waals surface area (Å²) in [6.45, 7) is 0. The molecular weight excluding hydrogens is 593 g/mol. The van der Waals surface area contributed by atoms with E-state index in [0.29, 0.717) is 17.5 Å². The van der Waals surface area contributed by atoms with Gasteiger partial charge in [0.15, 0.2) is 17.5 Å². The number of hydrogen-bond donors (Lipinski definition) is 0. The van der Waals surface area contributed by atoms with Gasteiger partial charge in [-0.2, -0.15) is 0 Å². The van der Waals surface area contributed by atoms with E-state index < -0.39 is 0 Å². The third-order valence-corrected chi connectivity index (χ3v) is 9.60. The van der Waals surface area contributed by atoms with Crippen molar-refractivity contribution < 1.29 is 0 Å². The van der Waals surface area contributed by atoms with Gasteiger partial charge in [0.2, 0.25) is 0 Å². The van der Waals surface area contributed by atoms with Crippen LogP contribution in [0.3, 0.4) is 0 Å². The van der Waals surface area contributed by atoms with Crippen LogP contribution in [0.25, 0.3) is 87.6 Å². The maximum Gasteiger partial charge on any atom is 0.164 e. The van der Waals surface area contributed by atoms with Crippen LogP contribution < -0.4 is 0 Å². The van der Waals surface area contributed by atoms with Crippen LogP contribution in [0.5, 0.6) is 0 Å². The largest absolute Gasteiger partial charge is 0.235 e. The molecule has 9 rings (SSSR count). The van der Waals surface area contributed by atoms with E-state index in [4.69, 9.17) is 19.9 Å². The highest BCUT2D eigenvalue weighted by Gasteiger charge is 2.15. The number of thiazole rings is 1. The summed E-state index contributed by atoms with van der Waals surface area (Å²) < 4.78 is 1.17. The molecule has 4 nitrogen and oxygen atoms in total. The van der Waals surface area contributed by atoms with E-state index in [-0.39, 0.29) is 0 Å². The van der Waals surface area contributed by atoms with Crippen LogP contribution in [-0.2, 0) is 0 Å². The Balaban J connectivity index is 1.18. The summed E-state index contributed by atoms with van der Waals surface area (Å²) in [6.07, 6.45) is 0. The fourth-order valence-corrected chi connectivity index (χ4v) is 7.17. The van der Waals surface area contributed by atoms with Crippen LogP contribution in [0.2, 0.25) is 0 Å². The maximum absolute atomic E-state index is 5.25. The first-order chi connectivity index (χ1) is 23.3. The first-order valence-corrected chi connectivity index (χ1v) is 16.4. The first kappa shape index (κ1) is 27.3. The smallest absolute Gasteiger partial charge is 0.164 e. The lowest BCUT2D eigenvalue weighted by Gasteiger charge is -2.10. The van der Waals surface area contributed by atoms with Gasteiger partial charge in [-0.05, 0) is 45.5 Å². The van der Waals surface area contributed by atoms with Gasteiger partial charge in [0.05, 0.1) is 10.2 Å². The van der Waals surface area contributed by atoms with Gasteiger partial charge in [-0.15, -0.1) is 11.3 Å². The number of hydrogen-bond acceptors (Lipinski definition) is 5. The van der Waals surface area contributed by atoms with Crippen LogP contribution in [0.4, 0.5) is 0 Å². The second kappa shape index (κ2) is 11.4. The van der Waals surface area contributed by atoms with Crippen molar-refractivity contribution in [2.75, 3.05) is 0 Å². The number of nitrogens with zero attached hydrogens (tertiary/aromatic N) is 4. The van der Waals surface area contributed by atoms with Crippen LogP contribution >= 0.6 is 11.3 Å². The van der Waals surface area contributed by atoms with E-state index in [9.17, 15) is 0 Å². The molecule has 7 aromatic carbocycles. The quantitative estimate of drug-likeness (QED) is 0.180. The summed E-state index contributed by atoms with van der Waals surface area (Å²) >= 11 is 1.74. The molecule has 0 atom stereocenters. The number of benzene rings is 7. The topological polar surface area (TPSA) is 51.6 Å². The molecule has 5 heteroatoms. The van der Waals surface area contributed by atoms with Crippen LogP contribution in [0, 0.1) is 0 Å². The van der Waals surface area contributed by atoms with E-state index >= 15 is 0 Å². The molecule has 0 spiro atoms. The fraction of sp³-hybridized carbons (Fsp3) is 0. The molecule has 0 radical (unpaired) electrons. The predicted molar refractivity (Wildman–Crippen MR) is 195 cm³/mol. The molecule has 0 amide bonds. The van der Waals surface area contributed by atoms with Gasteiger partial charge in [0.25, 0.3) is 0 Å². The zero-order valence-electron chi connectivity index (χ0n) is 25.2. The van der Waals surface area contributed by atoms with Gasteiger partial charge in [-0.1, -0.05) is 140 Å². The lowest BCUT2D eigenvalue weighted by Crippen LogP contribution is -2.00. The van der Waals surface area contributed by atoms with Crippen molar-refractivity contribution >= 4 is 43.1 Å². The van der Waals surface area contributed by atoms with Crippen molar-refractivity contribution in [1.29, 1.82) is 0 Å².